The van der Waals surface area contributed by atoms with Crippen molar-refractivity contribution in [2.45, 2.75) is 25.6 Å². The maximum Gasteiger partial charge on any atom is 0.153 e. The number of nitrogens with one attached hydrogen (secondary N) is 1. The van der Waals surface area contributed by atoms with Crippen LogP contribution in [0.2, 0.25) is 0 Å². The monoisotopic (exact) mass is 319 g/mol. The van der Waals surface area contributed by atoms with Gasteiger partial charge in [0.2, 0.25) is 0 Å². The fraction of sp³-hybridized carbons (Fsp3) is 0.500. The Labute approximate surface area is 112 Å². The molecule has 1 rings (SSSR count). The summed E-state index contributed by atoms with van der Waals surface area (Å²) in [6, 6.07) is 7.96. The van der Waals surface area contributed by atoms with E-state index in [2.05, 4.69) is 21.2 Å². The quantitative estimate of drug-likeness (QED) is 0.819. The molecule has 0 radical (unpaired) electrons. The van der Waals surface area contributed by atoms with Crippen LogP contribution in [-0.2, 0) is 16.4 Å². The molecule has 0 aliphatic rings. The van der Waals surface area contributed by atoms with Gasteiger partial charge in [0.1, 0.15) is 0 Å². The summed E-state index contributed by atoms with van der Waals surface area (Å²) in [5, 5.41) is 2.84. The summed E-state index contributed by atoms with van der Waals surface area (Å²) in [6.07, 6.45) is 0. The Morgan fingerprint density at radius 3 is 2.65 bits per heavy atom. The van der Waals surface area contributed by atoms with Gasteiger partial charge in [0.25, 0.3) is 0 Å². The number of hydrogen-bond acceptors (Lipinski definition) is 3. The number of sulfone groups is 1. The first-order valence-corrected chi connectivity index (χ1v) is 8.09. The molecular weight excluding hydrogens is 302 g/mol. The average Bonchev–Trinajstić information content (AvgIpc) is 2.24. The molecule has 0 fully saturated rings. The normalized spacial score (nSPS) is 12.0. The Hall–Kier alpha value is -0.390. The predicted octanol–water partition coefficient (Wildman–Crippen LogP) is 2.36. The Morgan fingerprint density at radius 1 is 1.35 bits per heavy atom. The van der Waals surface area contributed by atoms with E-state index in [1.165, 1.54) is 0 Å². The Bertz CT molecular complexity index is 457. The summed E-state index contributed by atoms with van der Waals surface area (Å²) in [5.41, 5.74) is 1.14. The van der Waals surface area contributed by atoms with E-state index in [1.54, 1.807) is 13.8 Å². The summed E-state index contributed by atoms with van der Waals surface area (Å²) in [4.78, 5) is 0. The maximum absolute atomic E-state index is 11.5. The topological polar surface area (TPSA) is 46.2 Å². The van der Waals surface area contributed by atoms with Crippen molar-refractivity contribution in [2.75, 3.05) is 12.3 Å². The molecule has 17 heavy (non-hydrogen) atoms. The third-order valence-corrected chi connectivity index (χ3v) is 5.20. The highest BCUT2D eigenvalue weighted by atomic mass is 79.9. The molecule has 0 saturated carbocycles. The molecule has 1 aromatic carbocycles. The molecule has 0 amide bonds. The van der Waals surface area contributed by atoms with E-state index in [1.807, 2.05) is 24.3 Å². The van der Waals surface area contributed by atoms with Gasteiger partial charge in [0, 0.05) is 17.6 Å². The zero-order chi connectivity index (χ0) is 12.9. The molecule has 0 saturated heterocycles. The lowest BCUT2D eigenvalue weighted by atomic mass is 10.2. The number of hydrogen-bond donors (Lipinski definition) is 1. The van der Waals surface area contributed by atoms with E-state index in [0.29, 0.717) is 13.1 Å². The van der Waals surface area contributed by atoms with Crippen LogP contribution in [0.4, 0.5) is 0 Å². The summed E-state index contributed by atoms with van der Waals surface area (Å²) in [6.45, 7) is 4.60. The lowest BCUT2D eigenvalue weighted by Gasteiger charge is -2.08. The summed E-state index contributed by atoms with van der Waals surface area (Å²) < 4.78 is 24.1. The Morgan fingerprint density at radius 2 is 2.06 bits per heavy atom. The van der Waals surface area contributed by atoms with Crippen molar-refractivity contribution in [2.24, 2.45) is 0 Å². The molecular formula is C12H18BrNO2S. The van der Waals surface area contributed by atoms with Gasteiger partial charge in [-0.25, -0.2) is 8.42 Å². The molecule has 0 aromatic heterocycles. The lowest BCUT2D eigenvalue weighted by Crippen LogP contribution is -2.27. The number of benzene rings is 1. The summed E-state index contributed by atoms with van der Waals surface area (Å²) in [5.74, 6) is 0.193. The van der Waals surface area contributed by atoms with Crippen molar-refractivity contribution >= 4 is 25.8 Å². The van der Waals surface area contributed by atoms with Crippen LogP contribution in [0.1, 0.15) is 19.4 Å². The van der Waals surface area contributed by atoms with Crippen molar-refractivity contribution in [3.63, 3.8) is 0 Å². The van der Waals surface area contributed by atoms with Gasteiger partial charge in [-0.3, -0.25) is 0 Å². The molecule has 0 bridgehead atoms. The minimum Gasteiger partial charge on any atom is -0.312 e. The largest absolute Gasteiger partial charge is 0.312 e. The molecule has 1 aromatic rings. The standard InChI is InChI=1S/C12H18BrNO2S/c1-10(2)17(15,16)7-6-14-9-11-4-3-5-12(13)8-11/h3-5,8,10,14H,6-7,9H2,1-2H3. The van der Waals surface area contributed by atoms with Crippen molar-refractivity contribution in [1.29, 1.82) is 0 Å². The number of rotatable bonds is 6. The second-order valence-electron chi connectivity index (χ2n) is 4.22. The van der Waals surface area contributed by atoms with Crippen molar-refractivity contribution < 1.29 is 8.42 Å². The second-order valence-corrected chi connectivity index (χ2v) is 7.81. The van der Waals surface area contributed by atoms with Crippen LogP contribution in [0.3, 0.4) is 0 Å². The van der Waals surface area contributed by atoms with Crippen LogP contribution in [0.5, 0.6) is 0 Å². The molecule has 0 atom stereocenters. The SMILES string of the molecule is CC(C)S(=O)(=O)CCNCc1cccc(Br)c1. The Kier molecular flexibility index (Phi) is 5.62. The highest BCUT2D eigenvalue weighted by Gasteiger charge is 2.14. The van der Waals surface area contributed by atoms with Gasteiger partial charge in [0.15, 0.2) is 9.84 Å². The lowest BCUT2D eigenvalue weighted by molar-refractivity contribution is 0.582. The molecule has 0 aliphatic carbocycles. The maximum atomic E-state index is 11.5. The first kappa shape index (κ1) is 14.7. The molecule has 0 unspecified atom stereocenters. The van der Waals surface area contributed by atoms with E-state index in [0.717, 1.165) is 10.0 Å². The van der Waals surface area contributed by atoms with Gasteiger partial charge < -0.3 is 5.32 Å². The van der Waals surface area contributed by atoms with E-state index < -0.39 is 9.84 Å². The van der Waals surface area contributed by atoms with Crippen LogP contribution in [0.25, 0.3) is 0 Å². The van der Waals surface area contributed by atoms with E-state index in [9.17, 15) is 8.42 Å². The van der Waals surface area contributed by atoms with Crippen molar-refractivity contribution in [1.82, 2.24) is 5.32 Å². The van der Waals surface area contributed by atoms with Gasteiger partial charge in [0.05, 0.1) is 11.0 Å². The first-order valence-electron chi connectivity index (χ1n) is 5.58. The first-order chi connectivity index (χ1) is 7.92. The van der Waals surface area contributed by atoms with Gasteiger partial charge in [-0.2, -0.15) is 0 Å². The van der Waals surface area contributed by atoms with Gasteiger partial charge in [-0.15, -0.1) is 0 Å². The van der Waals surface area contributed by atoms with Gasteiger partial charge in [-0.05, 0) is 31.5 Å². The predicted molar refractivity (Wildman–Crippen MR) is 74.8 cm³/mol. The zero-order valence-electron chi connectivity index (χ0n) is 10.1. The van der Waals surface area contributed by atoms with Crippen LogP contribution >= 0.6 is 15.9 Å². The third kappa shape index (κ3) is 5.19. The van der Waals surface area contributed by atoms with Gasteiger partial charge in [-0.1, -0.05) is 28.1 Å². The van der Waals surface area contributed by atoms with Crippen LogP contribution in [0.15, 0.2) is 28.7 Å². The summed E-state index contributed by atoms with van der Waals surface area (Å²) >= 11 is 3.40. The van der Waals surface area contributed by atoms with Crippen molar-refractivity contribution in [3.05, 3.63) is 34.3 Å². The fourth-order valence-electron chi connectivity index (χ4n) is 1.33. The molecule has 0 heterocycles. The van der Waals surface area contributed by atoms with Gasteiger partial charge >= 0.3 is 0 Å². The van der Waals surface area contributed by atoms with Crippen molar-refractivity contribution in [3.8, 4) is 0 Å². The van der Waals surface area contributed by atoms with Crippen LogP contribution in [-0.4, -0.2) is 26.0 Å². The van der Waals surface area contributed by atoms with E-state index in [4.69, 9.17) is 0 Å². The Balaban J connectivity index is 2.35. The fourth-order valence-corrected chi connectivity index (χ4v) is 2.68. The molecule has 3 nitrogen and oxygen atoms in total. The zero-order valence-corrected chi connectivity index (χ0v) is 12.5. The molecule has 5 heteroatoms. The summed E-state index contributed by atoms with van der Waals surface area (Å²) in [7, 11) is -2.93. The second kappa shape index (κ2) is 6.52. The van der Waals surface area contributed by atoms with E-state index in [-0.39, 0.29) is 11.0 Å². The minimum absolute atomic E-state index is 0.193. The molecule has 96 valence electrons. The minimum atomic E-state index is -2.93. The smallest absolute Gasteiger partial charge is 0.153 e. The molecule has 0 aliphatic heterocycles. The highest BCUT2D eigenvalue weighted by Crippen LogP contribution is 2.11. The number of halogens is 1. The molecule has 1 N–H and O–H groups in total. The van der Waals surface area contributed by atoms with Crippen LogP contribution in [0, 0.1) is 0 Å². The average molecular weight is 320 g/mol. The van der Waals surface area contributed by atoms with E-state index >= 15 is 0 Å². The van der Waals surface area contributed by atoms with Crippen LogP contribution < -0.4 is 5.32 Å². The third-order valence-electron chi connectivity index (χ3n) is 2.50. The highest BCUT2D eigenvalue weighted by molar-refractivity contribution is 9.10. The molecule has 0 spiro atoms.